The molecule has 1 aliphatic heterocycles. The highest BCUT2D eigenvalue weighted by Gasteiger charge is 2.29. The van der Waals surface area contributed by atoms with Crippen LogP contribution in [-0.2, 0) is 11.3 Å². The molecule has 0 bridgehead atoms. The van der Waals surface area contributed by atoms with Crippen LogP contribution in [0.4, 0.5) is 5.82 Å². The number of aliphatic hydroxyl groups excluding tert-OH is 1. The molecule has 198 valence electrons. The Morgan fingerprint density at radius 2 is 2.00 bits per heavy atom. The maximum atomic E-state index is 13.3. The van der Waals surface area contributed by atoms with E-state index in [9.17, 15) is 9.90 Å². The van der Waals surface area contributed by atoms with Crippen molar-refractivity contribution in [2.24, 2.45) is 0 Å². The number of amides is 1. The van der Waals surface area contributed by atoms with E-state index in [4.69, 9.17) is 9.72 Å². The van der Waals surface area contributed by atoms with Gasteiger partial charge in [-0.1, -0.05) is 36.9 Å². The number of hydrogen-bond donors (Lipinski definition) is 2. The van der Waals surface area contributed by atoms with E-state index < -0.39 is 12.1 Å². The monoisotopic (exact) mass is 523 g/mol. The fourth-order valence-corrected chi connectivity index (χ4v) is 4.93. The maximum absolute atomic E-state index is 13.3. The fraction of sp³-hybridized carbons (Fsp3) is 0.241. The second kappa shape index (κ2) is 9.97. The van der Waals surface area contributed by atoms with Gasteiger partial charge in [0.2, 0.25) is 0 Å². The zero-order valence-corrected chi connectivity index (χ0v) is 21.8. The zero-order chi connectivity index (χ0) is 27.1. The molecule has 5 aromatic rings. The van der Waals surface area contributed by atoms with Gasteiger partial charge in [0, 0.05) is 37.6 Å². The number of fused-ring (bicyclic) bond motifs is 2. The lowest BCUT2D eigenvalue weighted by atomic mass is 10.1. The van der Waals surface area contributed by atoms with E-state index in [0.717, 1.165) is 33.9 Å². The Bertz CT molecular complexity index is 1690. The van der Waals surface area contributed by atoms with E-state index in [1.807, 2.05) is 61.0 Å². The lowest BCUT2D eigenvalue weighted by molar-refractivity contribution is 0.0888. The molecular formula is C29H29N7O3. The molecule has 0 spiro atoms. The van der Waals surface area contributed by atoms with Gasteiger partial charge in [-0.2, -0.15) is 9.61 Å². The van der Waals surface area contributed by atoms with Crippen LogP contribution in [0.15, 0.2) is 73.7 Å². The summed E-state index contributed by atoms with van der Waals surface area (Å²) in [7, 11) is 1.98. The van der Waals surface area contributed by atoms with Crippen LogP contribution >= 0.6 is 0 Å². The first-order chi connectivity index (χ1) is 18.9. The highest BCUT2D eigenvalue weighted by Crippen LogP contribution is 2.29. The van der Waals surface area contributed by atoms with Crippen molar-refractivity contribution in [1.82, 2.24) is 29.3 Å². The Morgan fingerprint density at radius 3 is 2.74 bits per heavy atom. The summed E-state index contributed by atoms with van der Waals surface area (Å²) in [5, 5.41) is 17.6. The fourth-order valence-electron chi connectivity index (χ4n) is 4.93. The highest BCUT2D eigenvalue weighted by atomic mass is 16.5. The number of carbonyl (C=O) groups excluding carboxylic acids is 1. The van der Waals surface area contributed by atoms with Gasteiger partial charge < -0.3 is 20.1 Å². The molecule has 1 amide bonds. The van der Waals surface area contributed by atoms with Crippen molar-refractivity contribution in [3.63, 3.8) is 0 Å². The number of aromatic nitrogens is 5. The molecule has 2 unspecified atom stereocenters. The Hall–Kier alpha value is -4.54. The average Bonchev–Trinajstić information content (AvgIpc) is 3.68. The molecular weight excluding hydrogens is 494 g/mol. The van der Waals surface area contributed by atoms with Gasteiger partial charge in [0.15, 0.2) is 5.65 Å². The van der Waals surface area contributed by atoms with E-state index >= 15 is 0 Å². The van der Waals surface area contributed by atoms with Gasteiger partial charge >= 0.3 is 0 Å². The second-order valence-electron chi connectivity index (χ2n) is 9.85. The number of allylic oxidation sites excluding steroid dienone is 1. The number of aliphatic hydroxyl groups is 1. The van der Waals surface area contributed by atoms with Crippen molar-refractivity contribution in [1.29, 1.82) is 0 Å². The lowest BCUT2D eigenvalue weighted by Gasteiger charge is -2.21. The predicted molar refractivity (Wildman–Crippen MR) is 149 cm³/mol. The van der Waals surface area contributed by atoms with Crippen LogP contribution < -0.4 is 10.2 Å². The Balaban J connectivity index is 1.49. The van der Waals surface area contributed by atoms with Gasteiger partial charge in [-0.3, -0.25) is 9.20 Å². The molecule has 0 radical (unpaired) electrons. The topological polar surface area (TPSA) is 109 Å². The third-order valence-corrected chi connectivity index (χ3v) is 6.99. The summed E-state index contributed by atoms with van der Waals surface area (Å²) in [5.74, 6) is 0.394. The van der Waals surface area contributed by atoms with Crippen LogP contribution in [0.1, 0.15) is 28.4 Å². The summed E-state index contributed by atoms with van der Waals surface area (Å²) >= 11 is 0. The van der Waals surface area contributed by atoms with Gasteiger partial charge in [-0.15, -0.1) is 0 Å². The van der Waals surface area contributed by atoms with Gasteiger partial charge in [0.1, 0.15) is 17.0 Å². The summed E-state index contributed by atoms with van der Waals surface area (Å²) in [4.78, 5) is 24.9. The molecule has 1 saturated heterocycles. The Morgan fingerprint density at radius 1 is 1.18 bits per heavy atom. The number of carbonyl (C=O) groups is 1. The molecule has 1 fully saturated rings. The molecule has 5 heterocycles. The zero-order valence-electron chi connectivity index (χ0n) is 21.8. The predicted octanol–water partition coefficient (Wildman–Crippen LogP) is 3.20. The molecule has 10 nitrogen and oxygen atoms in total. The largest absolute Gasteiger partial charge is 0.388 e. The van der Waals surface area contributed by atoms with Crippen LogP contribution in [0.2, 0.25) is 0 Å². The van der Waals surface area contributed by atoms with Gasteiger partial charge in [-0.25, -0.2) is 9.97 Å². The number of anilines is 1. The minimum absolute atomic E-state index is 0.192. The number of nitrogens with one attached hydrogen (secondary N) is 1. The number of hydrogen-bond acceptors (Lipinski definition) is 7. The first-order valence-corrected chi connectivity index (χ1v) is 12.7. The molecule has 2 atom stereocenters. The number of benzene rings is 1. The van der Waals surface area contributed by atoms with E-state index in [2.05, 4.69) is 39.0 Å². The van der Waals surface area contributed by atoms with E-state index in [-0.39, 0.29) is 19.1 Å². The average molecular weight is 524 g/mol. The standard InChI is InChI=1S/C29H29N7O3/c1-18(2)20-9-10-24(35-12-11-30-27(20)35)22-13-26(34(3)15-19-7-5-4-6-8-19)36-28(32-22)21(14-31-36)29(38)33-23-16-39-17-25(23)37/h4-14,23,25,37H,1,15-17H2,2-3H3,(H,33,38). The van der Waals surface area contributed by atoms with Crippen LogP contribution in [0.25, 0.3) is 28.3 Å². The summed E-state index contributed by atoms with van der Waals surface area (Å²) in [5.41, 5.74) is 5.97. The van der Waals surface area contributed by atoms with Crippen molar-refractivity contribution < 1.29 is 14.6 Å². The molecule has 1 aliphatic rings. The van der Waals surface area contributed by atoms with Crippen molar-refractivity contribution in [2.45, 2.75) is 25.6 Å². The number of rotatable bonds is 7. The van der Waals surface area contributed by atoms with E-state index in [1.165, 1.54) is 6.20 Å². The lowest BCUT2D eigenvalue weighted by Crippen LogP contribution is -2.42. The summed E-state index contributed by atoms with van der Waals surface area (Å²) < 4.78 is 8.95. The number of pyridine rings is 1. The van der Waals surface area contributed by atoms with Gasteiger partial charge in [-0.05, 0) is 30.2 Å². The molecule has 6 rings (SSSR count). The first kappa shape index (κ1) is 24.8. The smallest absolute Gasteiger partial charge is 0.257 e. The SMILES string of the molecule is C=C(C)c1ccc(-c2cc(N(C)Cc3ccccc3)n3ncc(C(=O)NC4COCC4O)c3n2)n2ccnc12. The number of imidazole rings is 1. The van der Waals surface area contributed by atoms with Crippen molar-refractivity contribution in [3.8, 4) is 11.4 Å². The third kappa shape index (κ3) is 4.53. The minimum atomic E-state index is -0.756. The van der Waals surface area contributed by atoms with Crippen LogP contribution in [0.5, 0.6) is 0 Å². The van der Waals surface area contributed by atoms with Crippen LogP contribution in [0.3, 0.4) is 0 Å². The Kier molecular flexibility index (Phi) is 6.34. The van der Waals surface area contributed by atoms with Crippen molar-refractivity contribution >= 4 is 28.6 Å². The second-order valence-corrected chi connectivity index (χ2v) is 9.85. The first-order valence-electron chi connectivity index (χ1n) is 12.7. The summed E-state index contributed by atoms with van der Waals surface area (Å²) in [6.45, 7) is 7.11. The van der Waals surface area contributed by atoms with Gasteiger partial charge in [0.05, 0.1) is 42.9 Å². The molecule has 1 aromatic carbocycles. The third-order valence-electron chi connectivity index (χ3n) is 6.99. The van der Waals surface area contributed by atoms with Crippen LogP contribution in [0, 0.1) is 0 Å². The molecule has 10 heteroatoms. The van der Waals surface area contributed by atoms with Crippen molar-refractivity contribution in [2.75, 3.05) is 25.2 Å². The normalized spacial score (nSPS) is 17.1. The van der Waals surface area contributed by atoms with E-state index in [1.54, 1.807) is 10.7 Å². The molecule has 4 aromatic heterocycles. The molecule has 0 saturated carbocycles. The summed E-state index contributed by atoms with van der Waals surface area (Å²) in [6.07, 6.45) is 4.40. The number of ether oxygens (including phenoxy) is 1. The van der Waals surface area contributed by atoms with Crippen molar-refractivity contribution in [3.05, 3.63) is 90.4 Å². The van der Waals surface area contributed by atoms with E-state index in [0.29, 0.717) is 23.4 Å². The highest BCUT2D eigenvalue weighted by molar-refractivity contribution is 6.00. The quantitative estimate of drug-likeness (QED) is 0.337. The molecule has 39 heavy (non-hydrogen) atoms. The molecule has 0 aliphatic carbocycles. The van der Waals surface area contributed by atoms with Crippen LogP contribution in [-0.4, -0.2) is 67.4 Å². The summed E-state index contributed by atoms with van der Waals surface area (Å²) in [6, 6.07) is 15.6. The Labute approximate surface area is 225 Å². The molecule has 2 N–H and O–H groups in total. The minimum Gasteiger partial charge on any atom is -0.388 e. The van der Waals surface area contributed by atoms with Gasteiger partial charge in [0.25, 0.3) is 5.91 Å². The number of nitrogens with zero attached hydrogens (tertiary/aromatic N) is 6. The maximum Gasteiger partial charge on any atom is 0.257 e.